The van der Waals surface area contributed by atoms with Crippen LogP contribution in [0, 0.1) is 5.82 Å². The maximum Gasteiger partial charge on any atom is 0.227 e. The maximum absolute atomic E-state index is 12.9. The average molecular weight is 372 g/mol. The molecule has 0 spiro atoms. The topological polar surface area (TPSA) is 48.7 Å². The Morgan fingerprint density at radius 3 is 2.46 bits per heavy atom. The summed E-state index contributed by atoms with van der Waals surface area (Å²) in [6, 6.07) is 15.0. The van der Waals surface area contributed by atoms with Crippen LogP contribution in [-0.2, 0) is 12.4 Å². The van der Waals surface area contributed by atoms with Crippen LogP contribution in [0.5, 0.6) is 11.5 Å². The summed E-state index contributed by atoms with van der Waals surface area (Å²) in [7, 11) is 1.60. The van der Waals surface area contributed by atoms with Crippen LogP contribution >= 0.6 is 11.8 Å². The van der Waals surface area contributed by atoms with E-state index in [9.17, 15) is 9.18 Å². The van der Waals surface area contributed by atoms with Crippen molar-refractivity contribution >= 4 is 11.8 Å². The van der Waals surface area contributed by atoms with Gasteiger partial charge in [-0.15, -0.1) is 11.8 Å². The number of benzene rings is 2. The zero-order valence-electron chi connectivity index (χ0n) is 14.1. The van der Waals surface area contributed by atoms with Gasteiger partial charge in [0.25, 0.3) is 0 Å². The summed E-state index contributed by atoms with van der Waals surface area (Å²) in [5.41, 5.74) is 0.681. The summed E-state index contributed by atoms with van der Waals surface area (Å²) < 4.78 is 29.0. The largest absolute Gasteiger partial charge is 0.497 e. The van der Waals surface area contributed by atoms with Crippen LogP contribution in [0.2, 0.25) is 0 Å². The van der Waals surface area contributed by atoms with E-state index in [1.165, 1.54) is 36.2 Å². The molecule has 2 aromatic carbocycles. The average Bonchev–Trinajstić information content (AvgIpc) is 2.67. The number of rotatable bonds is 7. The molecule has 0 saturated carbocycles. The number of ether oxygens (including phenoxy) is 2. The standard InChI is InChI=1S/C20H17FO4S/c1-23-16-6-2-14(3-7-16)11-25-20-12-24-17(10-19(20)22)13-26-18-8-4-15(21)5-9-18/h2-10,12H,11,13H2,1H3. The minimum atomic E-state index is -0.278. The van der Waals surface area contributed by atoms with Gasteiger partial charge in [0.15, 0.2) is 0 Å². The van der Waals surface area contributed by atoms with Gasteiger partial charge in [0.05, 0.1) is 12.9 Å². The Morgan fingerprint density at radius 1 is 1.08 bits per heavy atom. The normalized spacial score (nSPS) is 10.5. The van der Waals surface area contributed by atoms with E-state index in [0.29, 0.717) is 11.5 Å². The fourth-order valence-corrected chi connectivity index (χ4v) is 2.98. The molecular formula is C20H17FO4S. The van der Waals surface area contributed by atoms with Gasteiger partial charge in [0, 0.05) is 11.0 Å². The van der Waals surface area contributed by atoms with Gasteiger partial charge in [-0.1, -0.05) is 12.1 Å². The van der Waals surface area contributed by atoms with Crippen LogP contribution in [-0.4, -0.2) is 7.11 Å². The smallest absolute Gasteiger partial charge is 0.227 e. The Hall–Kier alpha value is -2.73. The first-order valence-electron chi connectivity index (χ1n) is 7.90. The Bertz CT molecular complexity index is 904. The minimum absolute atomic E-state index is 0.163. The molecule has 0 radical (unpaired) electrons. The minimum Gasteiger partial charge on any atom is -0.497 e. The lowest BCUT2D eigenvalue weighted by molar-refractivity contribution is 0.290. The molecule has 3 aromatic rings. The zero-order chi connectivity index (χ0) is 18.4. The van der Waals surface area contributed by atoms with Crippen molar-refractivity contribution < 1.29 is 18.3 Å². The van der Waals surface area contributed by atoms with Gasteiger partial charge in [-0.3, -0.25) is 4.79 Å². The summed E-state index contributed by atoms with van der Waals surface area (Å²) in [4.78, 5) is 13.1. The third-order valence-corrected chi connectivity index (χ3v) is 4.63. The van der Waals surface area contributed by atoms with Crippen LogP contribution in [0.1, 0.15) is 11.3 Å². The number of halogens is 1. The van der Waals surface area contributed by atoms with E-state index < -0.39 is 0 Å². The van der Waals surface area contributed by atoms with Crippen LogP contribution in [0.3, 0.4) is 0 Å². The predicted octanol–water partition coefficient (Wildman–Crippen LogP) is 4.66. The second kappa shape index (κ2) is 8.58. The summed E-state index contributed by atoms with van der Waals surface area (Å²) >= 11 is 1.46. The van der Waals surface area contributed by atoms with E-state index >= 15 is 0 Å². The number of thioether (sulfide) groups is 1. The van der Waals surface area contributed by atoms with Crippen molar-refractivity contribution in [2.45, 2.75) is 17.3 Å². The fourth-order valence-electron chi connectivity index (χ4n) is 2.19. The van der Waals surface area contributed by atoms with E-state index in [1.807, 2.05) is 24.3 Å². The van der Waals surface area contributed by atoms with Gasteiger partial charge in [-0.05, 0) is 42.0 Å². The molecule has 0 amide bonds. The van der Waals surface area contributed by atoms with Crippen LogP contribution in [0.15, 0.2) is 75.0 Å². The summed E-state index contributed by atoms with van der Waals surface area (Å²) in [6.07, 6.45) is 1.33. The molecule has 0 fully saturated rings. The first-order valence-corrected chi connectivity index (χ1v) is 8.88. The van der Waals surface area contributed by atoms with Crippen molar-refractivity contribution in [2.24, 2.45) is 0 Å². The molecule has 6 heteroatoms. The van der Waals surface area contributed by atoms with E-state index in [2.05, 4.69) is 0 Å². The number of hydrogen-bond donors (Lipinski definition) is 0. The van der Waals surface area contributed by atoms with Crippen molar-refractivity contribution in [3.8, 4) is 11.5 Å². The van der Waals surface area contributed by atoms with E-state index in [4.69, 9.17) is 13.9 Å². The lowest BCUT2D eigenvalue weighted by atomic mass is 10.2. The molecule has 1 aromatic heterocycles. The molecule has 0 bridgehead atoms. The zero-order valence-corrected chi connectivity index (χ0v) is 14.9. The molecule has 1 heterocycles. The summed E-state index contributed by atoms with van der Waals surface area (Å²) in [5.74, 6) is 1.65. The summed E-state index contributed by atoms with van der Waals surface area (Å²) in [6.45, 7) is 0.262. The van der Waals surface area contributed by atoms with Crippen LogP contribution < -0.4 is 14.9 Å². The molecule has 4 nitrogen and oxygen atoms in total. The Balaban J connectivity index is 1.58. The van der Waals surface area contributed by atoms with E-state index in [1.54, 1.807) is 19.2 Å². The maximum atomic E-state index is 12.9. The highest BCUT2D eigenvalue weighted by Gasteiger charge is 2.06. The van der Waals surface area contributed by atoms with Crippen LogP contribution in [0.25, 0.3) is 0 Å². The van der Waals surface area contributed by atoms with Gasteiger partial charge < -0.3 is 13.9 Å². The lowest BCUT2D eigenvalue weighted by Crippen LogP contribution is -2.07. The quantitative estimate of drug-likeness (QED) is 0.565. The molecule has 0 unspecified atom stereocenters. The number of methoxy groups -OCH3 is 1. The summed E-state index contributed by atoms with van der Waals surface area (Å²) in [5, 5.41) is 0. The highest BCUT2D eigenvalue weighted by atomic mass is 32.2. The SMILES string of the molecule is COc1ccc(COc2coc(CSc3ccc(F)cc3)cc2=O)cc1. The first-order chi connectivity index (χ1) is 12.6. The third kappa shape index (κ3) is 4.89. The van der Waals surface area contributed by atoms with Gasteiger partial charge in [-0.25, -0.2) is 4.39 Å². The molecule has 3 rings (SSSR count). The molecule has 0 aliphatic rings. The third-order valence-electron chi connectivity index (χ3n) is 3.60. The van der Waals surface area contributed by atoms with Gasteiger partial charge in [0.2, 0.25) is 11.2 Å². The highest BCUT2D eigenvalue weighted by Crippen LogP contribution is 2.23. The Kier molecular flexibility index (Phi) is 5.96. The van der Waals surface area contributed by atoms with Crippen molar-refractivity contribution in [1.29, 1.82) is 0 Å². The second-order valence-electron chi connectivity index (χ2n) is 5.45. The molecule has 26 heavy (non-hydrogen) atoms. The van der Waals surface area contributed by atoms with Gasteiger partial charge in [0.1, 0.15) is 30.2 Å². The molecule has 0 atom stereocenters. The Morgan fingerprint density at radius 2 is 1.81 bits per heavy atom. The Labute approximate surface area is 154 Å². The van der Waals surface area contributed by atoms with Crippen molar-refractivity contribution in [2.75, 3.05) is 7.11 Å². The van der Waals surface area contributed by atoms with Crippen LogP contribution in [0.4, 0.5) is 4.39 Å². The van der Waals surface area contributed by atoms with Gasteiger partial charge >= 0.3 is 0 Å². The van der Waals surface area contributed by atoms with Crippen molar-refractivity contribution in [3.63, 3.8) is 0 Å². The molecule has 134 valence electrons. The first kappa shape index (κ1) is 18.1. The molecule has 0 N–H and O–H groups in total. The van der Waals surface area contributed by atoms with Gasteiger partial charge in [-0.2, -0.15) is 0 Å². The predicted molar refractivity (Wildman–Crippen MR) is 98.3 cm³/mol. The number of hydrogen-bond acceptors (Lipinski definition) is 5. The van der Waals surface area contributed by atoms with Crippen molar-refractivity contribution in [1.82, 2.24) is 0 Å². The lowest BCUT2D eigenvalue weighted by Gasteiger charge is -2.07. The van der Waals surface area contributed by atoms with E-state index in [0.717, 1.165) is 16.2 Å². The molecule has 0 saturated heterocycles. The monoisotopic (exact) mass is 372 g/mol. The van der Waals surface area contributed by atoms with Crippen molar-refractivity contribution in [3.05, 3.63) is 88.2 Å². The molecule has 0 aliphatic carbocycles. The fraction of sp³-hybridized carbons (Fsp3) is 0.150. The molecular weight excluding hydrogens is 355 g/mol. The van der Waals surface area contributed by atoms with E-state index in [-0.39, 0.29) is 23.6 Å². The highest BCUT2D eigenvalue weighted by molar-refractivity contribution is 7.98. The molecule has 0 aliphatic heterocycles. The second-order valence-corrected chi connectivity index (χ2v) is 6.50.